The normalized spacial score (nSPS) is 14.8. The van der Waals surface area contributed by atoms with Gasteiger partial charge in [-0.3, -0.25) is 0 Å². The van der Waals surface area contributed by atoms with Crippen LogP contribution in [0.4, 0.5) is 0 Å². The van der Waals surface area contributed by atoms with E-state index in [4.69, 9.17) is 0 Å². The van der Waals surface area contributed by atoms with Crippen molar-refractivity contribution < 1.29 is 0 Å². The number of hydrogen-bond acceptors (Lipinski definition) is 1. The molecule has 184 valence electrons. The van der Waals surface area contributed by atoms with Crippen LogP contribution in [0.15, 0.2) is 60.0 Å². The summed E-state index contributed by atoms with van der Waals surface area (Å²) in [6.07, 6.45) is 13.2. The molecule has 0 N–H and O–H groups in total. The molecule has 0 radical (unpaired) electrons. The summed E-state index contributed by atoms with van der Waals surface area (Å²) in [5.41, 5.74) is 8.20. The Morgan fingerprint density at radius 2 is 1.48 bits per heavy atom. The lowest BCUT2D eigenvalue weighted by atomic mass is 10.0. The summed E-state index contributed by atoms with van der Waals surface area (Å²) in [4.78, 5) is 1.35. The van der Waals surface area contributed by atoms with Crippen LogP contribution in [-0.2, 0) is 0 Å². The van der Waals surface area contributed by atoms with E-state index in [1.165, 1.54) is 83.2 Å². The molecule has 2 aromatic rings. The van der Waals surface area contributed by atoms with E-state index in [1.54, 1.807) is 6.08 Å². The summed E-state index contributed by atoms with van der Waals surface area (Å²) < 4.78 is 0. The van der Waals surface area contributed by atoms with E-state index in [-0.39, 0.29) is 0 Å². The molecule has 1 saturated carbocycles. The van der Waals surface area contributed by atoms with Gasteiger partial charge in [-0.1, -0.05) is 110 Å². The number of aryl methyl sites for hydroxylation is 2. The zero-order valence-corrected chi connectivity index (χ0v) is 23.7. The largest absolute Gasteiger partial charge is 0.144 e. The molecule has 0 bridgehead atoms. The molecule has 1 atom stereocenters. The lowest BCUT2D eigenvalue weighted by Crippen LogP contribution is -1.82. The Hall–Kier alpha value is -1.86. The first kappa shape index (κ1) is 31.1. The van der Waals surface area contributed by atoms with Gasteiger partial charge in [0.05, 0.1) is 0 Å². The van der Waals surface area contributed by atoms with Gasteiger partial charge < -0.3 is 0 Å². The molecule has 0 amide bonds. The second-order valence-corrected chi connectivity index (χ2v) is 9.73. The average Bonchev–Trinajstić information content (AvgIpc) is 3.19. The zero-order valence-electron chi connectivity index (χ0n) is 22.9. The van der Waals surface area contributed by atoms with Crippen molar-refractivity contribution in [3.8, 4) is 11.1 Å². The second kappa shape index (κ2) is 18.6. The molecule has 1 aliphatic carbocycles. The van der Waals surface area contributed by atoms with E-state index in [2.05, 4.69) is 97.3 Å². The van der Waals surface area contributed by atoms with Crippen molar-refractivity contribution in [2.24, 2.45) is 5.92 Å². The summed E-state index contributed by atoms with van der Waals surface area (Å²) in [6.45, 7) is 24.8. The van der Waals surface area contributed by atoms with Crippen LogP contribution in [0.1, 0.15) is 102 Å². The van der Waals surface area contributed by atoms with Gasteiger partial charge in [0.15, 0.2) is 0 Å². The highest BCUT2D eigenvalue weighted by molar-refractivity contribution is 7.11. The molecule has 0 aliphatic heterocycles. The van der Waals surface area contributed by atoms with Crippen molar-refractivity contribution >= 4 is 17.4 Å². The number of allylic oxidation sites excluding steroid dienone is 3. The first-order valence-electron chi connectivity index (χ1n) is 13.0. The molecule has 1 heteroatoms. The van der Waals surface area contributed by atoms with Crippen LogP contribution >= 0.6 is 11.3 Å². The summed E-state index contributed by atoms with van der Waals surface area (Å²) in [5.74, 6) is 0.659. The van der Waals surface area contributed by atoms with Gasteiger partial charge in [-0.15, -0.1) is 17.9 Å². The zero-order chi connectivity index (χ0) is 25.2. The molecule has 1 aliphatic rings. The van der Waals surface area contributed by atoms with Crippen LogP contribution in [0.25, 0.3) is 17.2 Å². The highest BCUT2D eigenvalue weighted by Crippen LogP contribution is 2.48. The Morgan fingerprint density at radius 3 is 2.00 bits per heavy atom. The van der Waals surface area contributed by atoms with Gasteiger partial charge in [0.2, 0.25) is 0 Å². The molecule has 0 spiro atoms. The lowest BCUT2D eigenvalue weighted by Gasteiger charge is -2.04. The molecule has 1 unspecified atom stereocenters. The molecular weight excluding hydrogens is 416 g/mol. The summed E-state index contributed by atoms with van der Waals surface area (Å²) in [7, 11) is 0. The smallest absolute Gasteiger partial charge is 0.0279 e. The maximum absolute atomic E-state index is 4.21. The SMILES string of the molecule is C=C1/C(=C/c2cc(-c3cc(C)ccc3C)cs2)C1CCCC.C=CC.CCCC.CCCC. The fourth-order valence-corrected chi connectivity index (χ4v) is 3.89. The highest BCUT2D eigenvalue weighted by Gasteiger charge is 2.34. The van der Waals surface area contributed by atoms with Gasteiger partial charge in [0, 0.05) is 10.8 Å². The molecule has 3 rings (SSSR count). The number of benzene rings is 1. The van der Waals surface area contributed by atoms with Crippen LogP contribution in [-0.4, -0.2) is 0 Å². The van der Waals surface area contributed by atoms with Gasteiger partial charge in [0.1, 0.15) is 0 Å². The molecule has 1 aromatic carbocycles. The minimum Gasteiger partial charge on any atom is -0.144 e. The molecule has 1 heterocycles. The van der Waals surface area contributed by atoms with E-state index in [0.717, 1.165) is 0 Å². The van der Waals surface area contributed by atoms with Gasteiger partial charge in [-0.05, 0) is 72.6 Å². The third-order valence-electron chi connectivity index (χ3n) is 5.55. The predicted molar refractivity (Wildman–Crippen MR) is 156 cm³/mol. The Balaban J connectivity index is 0.000000786. The van der Waals surface area contributed by atoms with Gasteiger partial charge in [0.25, 0.3) is 0 Å². The minimum absolute atomic E-state index is 0.659. The average molecular weight is 467 g/mol. The van der Waals surface area contributed by atoms with Crippen LogP contribution < -0.4 is 0 Å². The lowest BCUT2D eigenvalue weighted by molar-refractivity contribution is 0.690. The van der Waals surface area contributed by atoms with Crippen molar-refractivity contribution in [1.82, 2.24) is 0 Å². The van der Waals surface area contributed by atoms with Crippen molar-refractivity contribution in [1.29, 1.82) is 0 Å². The number of hydrogen-bond donors (Lipinski definition) is 0. The Morgan fingerprint density at radius 1 is 0.909 bits per heavy atom. The highest BCUT2D eigenvalue weighted by atomic mass is 32.1. The molecule has 0 nitrogen and oxygen atoms in total. The Kier molecular flexibility index (Phi) is 17.5. The third kappa shape index (κ3) is 12.2. The van der Waals surface area contributed by atoms with E-state index >= 15 is 0 Å². The maximum atomic E-state index is 4.21. The maximum Gasteiger partial charge on any atom is 0.0279 e. The van der Waals surface area contributed by atoms with Crippen molar-refractivity contribution in [2.45, 2.75) is 100 Å². The standard InChI is InChI=1S/C21H24S.2C4H10.C3H6/c1-5-6-7-19-16(4)21(19)12-18-11-17(13-22-18)20-10-14(2)8-9-15(20)3;2*1-3-4-2;1-3-2/h8-13,19H,4-7H2,1-3H3;2*3-4H2,1-2H3;3H,1H2,2H3/b21-12-;;;. The first-order valence-corrected chi connectivity index (χ1v) is 13.9. The Labute approximate surface area is 210 Å². The topological polar surface area (TPSA) is 0 Å². The minimum atomic E-state index is 0.659. The summed E-state index contributed by atoms with van der Waals surface area (Å²) in [5, 5.41) is 2.28. The molecule has 0 saturated heterocycles. The van der Waals surface area contributed by atoms with Gasteiger partial charge >= 0.3 is 0 Å². The van der Waals surface area contributed by atoms with E-state index in [9.17, 15) is 0 Å². The number of rotatable bonds is 7. The van der Waals surface area contributed by atoms with E-state index in [0.29, 0.717) is 5.92 Å². The quantitative estimate of drug-likeness (QED) is 0.356. The monoisotopic (exact) mass is 466 g/mol. The number of unbranched alkanes of at least 4 members (excludes halogenated alkanes) is 3. The molecule has 33 heavy (non-hydrogen) atoms. The van der Waals surface area contributed by atoms with Crippen molar-refractivity contribution in [3.05, 3.63) is 76.0 Å². The molecular formula is C32H50S. The van der Waals surface area contributed by atoms with Crippen molar-refractivity contribution in [3.63, 3.8) is 0 Å². The second-order valence-electron chi connectivity index (χ2n) is 8.78. The molecule has 1 aromatic heterocycles. The van der Waals surface area contributed by atoms with Crippen LogP contribution in [0.2, 0.25) is 0 Å². The van der Waals surface area contributed by atoms with E-state index in [1.807, 2.05) is 18.3 Å². The van der Waals surface area contributed by atoms with Crippen LogP contribution in [0, 0.1) is 19.8 Å². The number of thiophene rings is 1. The fraction of sp³-hybridized carbons (Fsp3) is 0.500. The summed E-state index contributed by atoms with van der Waals surface area (Å²) >= 11 is 1.84. The summed E-state index contributed by atoms with van der Waals surface area (Å²) in [6, 6.07) is 9.00. The first-order chi connectivity index (χ1) is 15.8. The Bertz CT molecular complexity index is 826. The van der Waals surface area contributed by atoms with Crippen LogP contribution in [0.3, 0.4) is 0 Å². The molecule has 1 fully saturated rings. The van der Waals surface area contributed by atoms with E-state index < -0.39 is 0 Å². The fourth-order valence-electron chi connectivity index (χ4n) is 3.04. The van der Waals surface area contributed by atoms with Crippen molar-refractivity contribution in [2.75, 3.05) is 0 Å². The third-order valence-corrected chi connectivity index (χ3v) is 6.43. The van der Waals surface area contributed by atoms with Gasteiger partial charge in [-0.25, -0.2) is 0 Å². The van der Waals surface area contributed by atoms with Gasteiger partial charge in [-0.2, -0.15) is 0 Å². The van der Waals surface area contributed by atoms with Crippen LogP contribution in [0.5, 0.6) is 0 Å². The predicted octanol–water partition coefficient (Wildman–Crippen LogP) is 11.6.